The maximum absolute atomic E-state index is 5.44. The second-order valence-electron chi connectivity index (χ2n) is 5.26. The molecule has 2 aromatic carbocycles. The number of benzene rings is 2. The summed E-state index contributed by atoms with van der Waals surface area (Å²) in [4.78, 5) is 0. The molecule has 0 heterocycles. The van der Waals surface area contributed by atoms with Gasteiger partial charge in [-0.1, -0.05) is 34.1 Å². The highest BCUT2D eigenvalue weighted by molar-refractivity contribution is 9.10. The largest absolute Gasteiger partial charge is 0.496 e. The summed E-state index contributed by atoms with van der Waals surface area (Å²) < 4.78 is 6.56. The number of rotatable bonds is 4. The average molecular weight is 332 g/mol. The minimum absolute atomic E-state index is 0.561. The smallest absolute Gasteiger partial charge is 0.122 e. The molecule has 0 spiro atoms. The van der Waals surface area contributed by atoms with Crippen LogP contribution < -0.4 is 10.1 Å². The standard InChI is InChI=1S/C17H18BrNO/c1-20-17-5-3-2-4-16(17)12-10-15(11-12)19-14-8-6-13(18)7-9-14/h2-9,12,15,19H,10-11H2,1H3. The van der Waals surface area contributed by atoms with Gasteiger partial charge in [0.25, 0.3) is 0 Å². The van der Waals surface area contributed by atoms with Crippen LogP contribution in [0.15, 0.2) is 53.0 Å². The van der Waals surface area contributed by atoms with E-state index in [1.165, 1.54) is 11.3 Å². The van der Waals surface area contributed by atoms with Crippen LogP contribution in [0.25, 0.3) is 0 Å². The maximum Gasteiger partial charge on any atom is 0.122 e. The predicted molar refractivity (Wildman–Crippen MR) is 86.5 cm³/mol. The van der Waals surface area contributed by atoms with Crippen LogP contribution in [0.5, 0.6) is 5.75 Å². The van der Waals surface area contributed by atoms with Crippen LogP contribution in [0.3, 0.4) is 0 Å². The van der Waals surface area contributed by atoms with Crippen LogP contribution >= 0.6 is 15.9 Å². The third-order valence-electron chi connectivity index (χ3n) is 3.93. The van der Waals surface area contributed by atoms with E-state index in [1.807, 2.05) is 12.1 Å². The van der Waals surface area contributed by atoms with Crippen molar-refractivity contribution in [2.75, 3.05) is 12.4 Å². The highest BCUT2D eigenvalue weighted by Gasteiger charge is 2.31. The molecule has 1 aliphatic carbocycles. The van der Waals surface area contributed by atoms with Gasteiger partial charge in [-0.15, -0.1) is 0 Å². The molecule has 0 unspecified atom stereocenters. The predicted octanol–water partition coefficient (Wildman–Crippen LogP) is 4.82. The topological polar surface area (TPSA) is 21.3 Å². The Kier molecular flexibility index (Phi) is 3.97. The van der Waals surface area contributed by atoms with Crippen molar-refractivity contribution in [3.8, 4) is 5.75 Å². The molecule has 1 aliphatic rings. The highest BCUT2D eigenvalue weighted by atomic mass is 79.9. The molecule has 104 valence electrons. The van der Waals surface area contributed by atoms with E-state index in [2.05, 4.69) is 57.6 Å². The number of hydrogen-bond acceptors (Lipinski definition) is 2. The third-order valence-corrected chi connectivity index (χ3v) is 4.46. The first-order valence-corrected chi connectivity index (χ1v) is 7.70. The van der Waals surface area contributed by atoms with Crippen molar-refractivity contribution in [2.45, 2.75) is 24.8 Å². The van der Waals surface area contributed by atoms with E-state index >= 15 is 0 Å². The Labute approximate surface area is 128 Å². The number of hydrogen-bond donors (Lipinski definition) is 1. The van der Waals surface area contributed by atoms with Crippen molar-refractivity contribution in [1.82, 2.24) is 0 Å². The molecular weight excluding hydrogens is 314 g/mol. The molecule has 20 heavy (non-hydrogen) atoms. The molecule has 0 radical (unpaired) electrons. The monoisotopic (exact) mass is 331 g/mol. The van der Waals surface area contributed by atoms with Crippen LogP contribution in [-0.2, 0) is 0 Å². The second-order valence-corrected chi connectivity index (χ2v) is 6.17. The SMILES string of the molecule is COc1ccccc1C1CC(Nc2ccc(Br)cc2)C1. The van der Waals surface area contributed by atoms with Gasteiger partial charge in [0.15, 0.2) is 0 Å². The number of methoxy groups -OCH3 is 1. The lowest BCUT2D eigenvalue weighted by Gasteiger charge is -2.37. The van der Waals surface area contributed by atoms with Crippen molar-refractivity contribution >= 4 is 21.6 Å². The van der Waals surface area contributed by atoms with Gasteiger partial charge in [-0.25, -0.2) is 0 Å². The van der Waals surface area contributed by atoms with Gasteiger partial charge in [-0.05, 0) is 54.7 Å². The third kappa shape index (κ3) is 2.83. The van der Waals surface area contributed by atoms with Gasteiger partial charge in [0.1, 0.15) is 5.75 Å². The fourth-order valence-corrected chi connectivity index (χ4v) is 3.04. The Morgan fingerprint density at radius 1 is 1.05 bits per heavy atom. The van der Waals surface area contributed by atoms with Crippen LogP contribution in [0, 0.1) is 0 Å². The lowest BCUT2D eigenvalue weighted by molar-refractivity contribution is 0.350. The Bertz CT molecular complexity index is 576. The maximum atomic E-state index is 5.44. The van der Waals surface area contributed by atoms with Gasteiger partial charge in [0.05, 0.1) is 7.11 Å². The molecule has 2 aromatic rings. The van der Waals surface area contributed by atoms with Crippen molar-refractivity contribution in [2.24, 2.45) is 0 Å². The summed E-state index contributed by atoms with van der Waals surface area (Å²) in [7, 11) is 1.75. The van der Waals surface area contributed by atoms with E-state index in [-0.39, 0.29) is 0 Å². The fraction of sp³-hybridized carbons (Fsp3) is 0.294. The minimum Gasteiger partial charge on any atom is -0.496 e. The summed E-state index contributed by atoms with van der Waals surface area (Å²) in [5.41, 5.74) is 2.53. The van der Waals surface area contributed by atoms with Gasteiger partial charge >= 0.3 is 0 Å². The molecule has 0 aromatic heterocycles. The normalized spacial score (nSPS) is 21.1. The van der Waals surface area contributed by atoms with Crippen LogP contribution in [0.2, 0.25) is 0 Å². The summed E-state index contributed by atoms with van der Waals surface area (Å²) in [6.07, 6.45) is 2.33. The highest BCUT2D eigenvalue weighted by Crippen LogP contribution is 2.42. The number of para-hydroxylation sites is 1. The zero-order valence-electron chi connectivity index (χ0n) is 11.5. The van der Waals surface area contributed by atoms with Gasteiger partial charge in [0, 0.05) is 16.2 Å². The van der Waals surface area contributed by atoms with E-state index in [4.69, 9.17) is 4.74 Å². The molecular formula is C17H18BrNO. The number of ether oxygens (including phenoxy) is 1. The number of anilines is 1. The van der Waals surface area contributed by atoms with Gasteiger partial charge < -0.3 is 10.1 Å². The molecule has 0 amide bonds. The van der Waals surface area contributed by atoms with E-state index in [0.717, 1.165) is 23.1 Å². The molecule has 0 aliphatic heterocycles. The molecule has 1 N–H and O–H groups in total. The first kappa shape index (κ1) is 13.5. The van der Waals surface area contributed by atoms with E-state index < -0.39 is 0 Å². The Morgan fingerprint density at radius 3 is 2.45 bits per heavy atom. The molecule has 1 fully saturated rings. The zero-order valence-corrected chi connectivity index (χ0v) is 13.1. The minimum atomic E-state index is 0.561. The lowest BCUT2D eigenvalue weighted by Crippen LogP contribution is -2.34. The first-order valence-electron chi connectivity index (χ1n) is 6.91. The van der Waals surface area contributed by atoms with Gasteiger partial charge in [-0.3, -0.25) is 0 Å². The quantitative estimate of drug-likeness (QED) is 0.867. The van der Waals surface area contributed by atoms with E-state index in [9.17, 15) is 0 Å². The lowest BCUT2D eigenvalue weighted by atomic mass is 9.75. The average Bonchev–Trinajstić information content (AvgIpc) is 2.44. The van der Waals surface area contributed by atoms with Crippen LogP contribution in [0.1, 0.15) is 24.3 Å². The number of halogens is 1. The summed E-state index contributed by atoms with van der Waals surface area (Å²) in [6, 6.07) is 17.3. The zero-order chi connectivity index (χ0) is 13.9. The summed E-state index contributed by atoms with van der Waals surface area (Å²) in [5.74, 6) is 1.62. The van der Waals surface area contributed by atoms with E-state index in [0.29, 0.717) is 12.0 Å². The Balaban J connectivity index is 1.60. The van der Waals surface area contributed by atoms with Crippen molar-refractivity contribution in [1.29, 1.82) is 0 Å². The van der Waals surface area contributed by atoms with Crippen LogP contribution in [-0.4, -0.2) is 13.2 Å². The summed E-state index contributed by atoms with van der Waals surface area (Å²) in [6.45, 7) is 0. The fourth-order valence-electron chi connectivity index (χ4n) is 2.78. The van der Waals surface area contributed by atoms with E-state index in [1.54, 1.807) is 7.11 Å². The summed E-state index contributed by atoms with van der Waals surface area (Å²) in [5, 5.41) is 3.58. The van der Waals surface area contributed by atoms with Gasteiger partial charge in [0.2, 0.25) is 0 Å². The van der Waals surface area contributed by atoms with Crippen molar-refractivity contribution in [3.63, 3.8) is 0 Å². The molecule has 3 rings (SSSR count). The molecule has 0 bridgehead atoms. The molecule has 0 atom stereocenters. The first-order chi connectivity index (χ1) is 9.76. The van der Waals surface area contributed by atoms with Gasteiger partial charge in [-0.2, -0.15) is 0 Å². The van der Waals surface area contributed by atoms with Crippen LogP contribution in [0.4, 0.5) is 5.69 Å². The Morgan fingerprint density at radius 2 is 1.75 bits per heavy atom. The van der Waals surface area contributed by atoms with Crippen molar-refractivity contribution < 1.29 is 4.74 Å². The molecule has 3 heteroatoms. The molecule has 0 saturated heterocycles. The molecule has 1 saturated carbocycles. The summed E-state index contributed by atoms with van der Waals surface area (Å²) >= 11 is 3.46. The van der Waals surface area contributed by atoms with Crippen molar-refractivity contribution in [3.05, 3.63) is 58.6 Å². The Hall–Kier alpha value is -1.48. The number of nitrogens with one attached hydrogen (secondary N) is 1. The second kappa shape index (κ2) is 5.88. The molecule has 2 nitrogen and oxygen atoms in total.